The smallest absolute Gasteiger partial charge is 0.166 e. The van der Waals surface area contributed by atoms with Gasteiger partial charge in [0.25, 0.3) is 0 Å². The molecule has 0 aliphatic rings. The standard InChI is InChI=1S/C11H11F3/c1-4-9-5-7(2)6-10(8(9)3)11(12,13)14/h4-6H,1H2,2-3H3. The molecule has 3 heteroatoms. The maximum Gasteiger partial charge on any atom is 0.416 e. The van der Waals surface area contributed by atoms with Gasteiger partial charge in [-0.1, -0.05) is 18.7 Å². The number of halogens is 3. The molecular formula is C11H11F3. The molecule has 0 radical (unpaired) electrons. The van der Waals surface area contributed by atoms with Crippen LogP contribution in [0.3, 0.4) is 0 Å². The third-order valence-electron chi connectivity index (χ3n) is 2.12. The van der Waals surface area contributed by atoms with Crippen LogP contribution in [-0.4, -0.2) is 0 Å². The lowest BCUT2D eigenvalue weighted by Crippen LogP contribution is -2.08. The van der Waals surface area contributed by atoms with Gasteiger partial charge in [-0.15, -0.1) is 0 Å². The van der Waals surface area contributed by atoms with Crippen LogP contribution in [0.2, 0.25) is 0 Å². The van der Waals surface area contributed by atoms with Crippen LogP contribution in [0.25, 0.3) is 6.08 Å². The number of alkyl halides is 3. The van der Waals surface area contributed by atoms with E-state index in [4.69, 9.17) is 0 Å². The molecule has 0 saturated heterocycles. The Hall–Kier alpha value is -1.25. The van der Waals surface area contributed by atoms with E-state index in [0.717, 1.165) is 6.07 Å². The fraction of sp³-hybridized carbons (Fsp3) is 0.273. The quantitative estimate of drug-likeness (QED) is 0.643. The summed E-state index contributed by atoms with van der Waals surface area (Å²) in [7, 11) is 0. The number of hydrogen-bond donors (Lipinski definition) is 0. The normalized spacial score (nSPS) is 11.5. The molecule has 0 N–H and O–H groups in total. The Morgan fingerprint density at radius 2 is 1.79 bits per heavy atom. The molecule has 0 fully saturated rings. The molecule has 0 amide bonds. The van der Waals surface area contributed by atoms with Crippen molar-refractivity contribution in [3.05, 3.63) is 41.0 Å². The predicted octanol–water partition coefficient (Wildman–Crippen LogP) is 3.97. The summed E-state index contributed by atoms with van der Waals surface area (Å²) < 4.78 is 37.5. The van der Waals surface area contributed by atoms with Gasteiger partial charge < -0.3 is 0 Å². The highest BCUT2D eigenvalue weighted by Gasteiger charge is 2.32. The Labute approximate surface area is 81.1 Å². The number of benzene rings is 1. The molecule has 0 bridgehead atoms. The zero-order valence-corrected chi connectivity index (χ0v) is 8.07. The lowest BCUT2D eigenvalue weighted by molar-refractivity contribution is -0.138. The second-order valence-corrected chi connectivity index (χ2v) is 3.23. The highest BCUT2D eigenvalue weighted by molar-refractivity contribution is 5.56. The first-order chi connectivity index (χ1) is 6.36. The molecule has 1 aromatic carbocycles. The molecule has 0 aromatic heterocycles. The molecule has 0 unspecified atom stereocenters. The summed E-state index contributed by atoms with van der Waals surface area (Å²) >= 11 is 0. The Balaban J connectivity index is 3.44. The zero-order chi connectivity index (χ0) is 10.9. The van der Waals surface area contributed by atoms with E-state index in [1.165, 1.54) is 13.0 Å². The van der Waals surface area contributed by atoms with Crippen LogP contribution in [0.1, 0.15) is 22.3 Å². The van der Waals surface area contributed by atoms with Crippen molar-refractivity contribution >= 4 is 6.08 Å². The number of aryl methyl sites for hydroxylation is 1. The molecule has 0 atom stereocenters. The van der Waals surface area contributed by atoms with Crippen molar-refractivity contribution in [3.63, 3.8) is 0 Å². The first-order valence-electron chi connectivity index (χ1n) is 4.17. The summed E-state index contributed by atoms with van der Waals surface area (Å²) in [6.45, 7) is 6.59. The van der Waals surface area contributed by atoms with Crippen molar-refractivity contribution in [3.8, 4) is 0 Å². The number of rotatable bonds is 1. The van der Waals surface area contributed by atoms with E-state index in [-0.39, 0.29) is 5.56 Å². The fourth-order valence-electron chi connectivity index (χ4n) is 1.39. The van der Waals surface area contributed by atoms with Crippen LogP contribution < -0.4 is 0 Å². The van der Waals surface area contributed by atoms with E-state index in [1.807, 2.05) is 0 Å². The third kappa shape index (κ3) is 1.97. The van der Waals surface area contributed by atoms with Crippen LogP contribution >= 0.6 is 0 Å². The maximum atomic E-state index is 12.5. The SMILES string of the molecule is C=Cc1cc(C)cc(C(F)(F)F)c1C. The molecular weight excluding hydrogens is 189 g/mol. The van der Waals surface area contributed by atoms with Gasteiger partial charge in [-0.2, -0.15) is 13.2 Å². The summed E-state index contributed by atoms with van der Waals surface area (Å²) in [5.74, 6) is 0. The number of hydrogen-bond acceptors (Lipinski definition) is 0. The predicted molar refractivity (Wildman–Crippen MR) is 51.0 cm³/mol. The van der Waals surface area contributed by atoms with Gasteiger partial charge in [0, 0.05) is 0 Å². The Morgan fingerprint density at radius 1 is 1.21 bits per heavy atom. The lowest BCUT2D eigenvalue weighted by atomic mass is 9.99. The molecule has 0 spiro atoms. The van der Waals surface area contributed by atoms with E-state index in [1.54, 1.807) is 13.0 Å². The Morgan fingerprint density at radius 3 is 2.21 bits per heavy atom. The third-order valence-corrected chi connectivity index (χ3v) is 2.12. The van der Waals surface area contributed by atoms with E-state index in [9.17, 15) is 13.2 Å². The minimum atomic E-state index is -4.28. The molecule has 0 heterocycles. The van der Waals surface area contributed by atoms with Gasteiger partial charge in [0.1, 0.15) is 0 Å². The summed E-state index contributed by atoms with van der Waals surface area (Å²) in [6.07, 6.45) is -2.84. The van der Waals surface area contributed by atoms with Gasteiger partial charge in [-0.25, -0.2) is 0 Å². The minimum Gasteiger partial charge on any atom is -0.166 e. The van der Waals surface area contributed by atoms with Crippen molar-refractivity contribution in [2.24, 2.45) is 0 Å². The zero-order valence-electron chi connectivity index (χ0n) is 8.07. The van der Waals surface area contributed by atoms with Crippen LogP contribution in [-0.2, 0) is 6.18 Å². The average molecular weight is 200 g/mol. The van der Waals surface area contributed by atoms with Crippen molar-refractivity contribution in [2.45, 2.75) is 20.0 Å². The van der Waals surface area contributed by atoms with E-state index >= 15 is 0 Å². The lowest BCUT2D eigenvalue weighted by Gasteiger charge is -2.13. The van der Waals surface area contributed by atoms with Crippen molar-refractivity contribution in [1.29, 1.82) is 0 Å². The van der Waals surface area contributed by atoms with Crippen LogP contribution in [0, 0.1) is 13.8 Å². The molecule has 14 heavy (non-hydrogen) atoms. The second-order valence-electron chi connectivity index (χ2n) is 3.23. The van der Waals surface area contributed by atoms with Crippen LogP contribution in [0.5, 0.6) is 0 Å². The first kappa shape index (κ1) is 10.8. The van der Waals surface area contributed by atoms with Crippen LogP contribution in [0.15, 0.2) is 18.7 Å². The molecule has 0 aliphatic carbocycles. The van der Waals surface area contributed by atoms with Crippen molar-refractivity contribution < 1.29 is 13.2 Å². The van der Waals surface area contributed by atoms with Crippen molar-refractivity contribution in [2.75, 3.05) is 0 Å². The van der Waals surface area contributed by atoms with Gasteiger partial charge in [0.15, 0.2) is 0 Å². The highest BCUT2D eigenvalue weighted by atomic mass is 19.4. The van der Waals surface area contributed by atoms with Crippen molar-refractivity contribution in [1.82, 2.24) is 0 Å². The minimum absolute atomic E-state index is 0.234. The second kappa shape index (κ2) is 3.48. The van der Waals surface area contributed by atoms with Gasteiger partial charge >= 0.3 is 6.18 Å². The van der Waals surface area contributed by atoms with E-state index < -0.39 is 11.7 Å². The molecule has 1 rings (SSSR count). The van der Waals surface area contributed by atoms with Gasteiger partial charge in [0.05, 0.1) is 5.56 Å². The van der Waals surface area contributed by atoms with E-state index in [0.29, 0.717) is 11.1 Å². The summed E-state index contributed by atoms with van der Waals surface area (Å²) in [4.78, 5) is 0. The first-order valence-corrected chi connectivity index (χ1v) is 4.17. The fourth-order valence-corrected chi connectivity index (χ4v) is 1.39. The van der Waals surface area contributed by atoms with Crippen LogP contribution in [0.4, 0.5) is 13.2 Å². The largest absolute Gasteiger partial charge is 0.416 e. The van der Waals surface area contributed by atoms with Gasteiger partial charge in [0.2, 0.25) is 0 Å². The Kier molecular flexibility index (Phi) is 2.69. The monoisotopic (exact) mass is 200 g/mol. The molecule has 0 nitrogen and oxygen atoms in total. The topological polar surface area (TPSA) is 0 Å². The summed E-state index contributed by atoms with van der Waals surface area (Å²) in [6, 6.07) is 2.85. The maximum absolute atomic E-state index is 12.5. The summed E-state index contributed by atoms with van der Waals surface area (Å²) in [5.41, 5.74) is 0.792. The highest BCUT2D eigenvalue weighted by Crippen LogP contribution is 2.34. The Bertz CT molecular complexity index is 362. The summed E-state index contributed by atoms with van der Waals surface area (Å²) in [5, 5.41) is 0. The van der Waals surface area contributed by atoms with Gasteiger partial charge in [-0.3, -0.25) is 0 Å². The molecule has 76 valence electrons. The van der Waals surface area contributed by atoms with Gasteiger partial charge in [-0.05, 0) is 36.6 Å². The molecule has 0 saturated carbocycles. The molecule has 0 aliphatic heterocycles. The average Bonchev–Trinajstić information content (AvgIpc) is 2.06. The molecule has 1 aromatic rings. The van der Waals surface area contributed by atoms with E-state index in [2.05, 4.69) is 6.58 Å².